The standard InChI is InChI=1S/C23H19ClN6OS/c1-16-5-7-17(8-6-16)22-28-29-23(30(22)20-11-9-18(24)10-12-20)32-15-21(31)27-26-14-19-4-2-3-13-25-19/h2-14H,15H2,1H3,(H,27,31)/b26-14+. The van der Waals surface area contributed by atoms with E-state index in [1.807, 2.05) is 72.2 Å². The molecule has 0 aliphatic carbocycles. The molecule has 0 saturated heterocycles. The molecule has 7 nitrogen and oxygen atoms in total. The highest BCUT2D eigenvalue weighted by Crippen LogP contribution is 2.28. The zero-order valence-corrected chi connectivity index (χ0v) is 18.7. The summed E-state index contributed by atoms with van der Waals surface area (Å²) in [6.45, 7) is 2.03. The van der Waals surface area contributed by atoms with Crippen LogP contribution < -0.4 is 5.43 Å². The van der Waals surface area contributed by atoms with Crippen molar-refractivity contribution in [1.29, 1.82) is 0 Å². The normalized spacial score (nSPS) is 11.1. The average molecular weight is 463 g/mol. The highest BCUT2D eigenvalue weighted by Gasteiger charge is 2.17. The molecule has 0 aliphatic heterocycles. The molecule has 0 unspecified atom stereocenters. The quantitative estimate of drug-likeness (QED) is 0.248. The SMILES string of the molecule is Cc1ccc(-c2nnc(SCC(=O)N/N=C/c3ccccn3)n2-c2ccc(Cl)cc2)cc1. The van der Waals surface area contributed by atoms with E-state index in [0.29, 0.717) is 21.7 Å². The van der Waals surface area contributed by atoms with Gasteiger partial charge in [0.1, 0.15) is 0 Å². The minimum atomic E-state index is -0.260. The number of nitrogens with zero attached hydrogens (tertiary/aromatic N) is 5. The number of thioether (sulfide) groups is 1. The van der Waals surface area contributed by atoms with Crippen molar-refractivity contribution in [2.75, 3.05) is 5.75 Å². The number of benzene rings is 2. The summed E-state index contributed by atoms with van der Waals surface area (Å²) in [5, 5.41) is 13.9. The van der Waals surface area contributed by atoms with Crippen LogP contribution in [0.5, 0.6) is 0 Å². The molecule has 0 atom stereocenters. The van der Waals surface area contributed by atoms with Crippen molar-refractivity contribution in [2.24, 2.45) is 5.10 Å². The van der Waals surface area contributed by atoms with Gasteiger partial charge in [0.25, 0.3) is 5.91 Å². The molecule has 0 radical (unpaired) electrons. The fourth-order valence-corrected chi connectivity index (χ4v) is 3.73. The summed E-state index contributed by atoms with van der Waals surface area (Å²) in [6.07, 6.45) is 3.16. The molecule has 2 aromatic heterocycles. The molecule has 2 aromatic carbocycles. The molecule has 0 spiro atoms. The van der Waals surface area contributed by atoms with Gasteiger partial charge in [-0.1, -0.05) is 59.3 Å². The summed E-state index contributed by atoms with van der Waals surface area (Å²) in [6, 6.07) is 20.9. The molecule has 32 heavy (non-hydrogen) atoms. The maximum atomic E-state index is 12.3. The Morgan fingerprint density at radius 1 is 1.09 bits per heavy atom. The Morgan fingerprint density at radius 3 is 2.59 bits per heavy atom. The van der Waals surface area contributed by atoms with Crippen LogP contribution in [0.4, 0.5) is 0 Å². The van der Waals surface area contributed by atoms with Crippen LogP contribution in [0.1, 0.15) is 11.3 Å². The number of aromatic nitrogens is 4. The third-order valence-electron chi connectivity index (χ3n) is 4.43. The van der Waals surface area contributed by atoms with Gasteiger partial charge in [-0.3, -0.25) is 14.3 Å². The first-order chi connectivity index (χ1) is 15.6. The number of halogens is 1. The number of amides is 1. The average Bonchev–Trinajstić information content (AvgIpc) is 3.23. The monoisotopic (exact) mass is 462 g/mol. The Balaban J connectivity index is 1.53. The molecule has 0 bridgehead atoms. The molecule has 1 N–H and O–H groups in total. The molecule has 0 saturated carbocycles. The van der Waals surface area contributed by atoms with Crippen molar-refractivity contribution < 1.29 is 4.79 Å². The molecule has 9 heteroatoms. The molecule has 0 aliphatic rings. The number of hydrogen-bond acceptors (Lipinski definition) is 6. The van der Waals surface area contributed by atoms with Crippen LogP contribution in [-0.2, 0) is 4.79 Å². The van der Waals surface area contributed by atoms with Crippen molar-refractivity contribution in [1.82, 2.24) is 25.2 Å². The number of aryl methyl sites for hydroxylation is 1. The summed E-state index contributed by atoms with van der Waals surface area (Å²) in [5.41, 5.74) is 6.10. The van der Waals surface area contributed by atoms with E-state index in [4.69, 9.17) is 11.6 Å². The fourth-order valence-electron chi connectivity index (χ4n) is 2.86. The first-order valence-corrected chi connectivity index (χ1v) is 11.1. The number of carbonyl (C=O) groups is 1. The second kappa shape index (κ2) is 10.2. The summed E-state index contributed by atoms with van der Waals surface area (Å²) in [4.78, 5) is 16.4. The summed E-state index contributed by atoms with van der Waals surface area (Å²) in [7, 11) is 0. The van der Waals surface area contributed by atoms with Gasteiger partial charge in [-0.25, -0.2) is 5.43 Å². The summed E-state index contributed by atoms with van der Waals surface area (Å²) < 4.78 is 1.91. The third-order valence-corrected chi connectivity index (χ3v) is 5.62. The first-order valence-electron chi connectivity index (χ1n) is 9.74. The van der Waals surface area contributed by atoms with Crippen LogP contribution in [0.15, 0.2) is 83.2 Å². The van der Waals surface area contributed by atoms with Gasteiger partial charge in [0.05, 0.1) is 17.7 Å². The van der Waals surface area contributed by atoms with Gasteiger partial charge in [-0.2, -0.15) is 5.10 Å². The highest BCUT2D eigenvalue weighted by atomic mass is 35.5. The van der Waals surface area contributed by atoms with Crippen molar-refractivity contribution in [3.8, 4) is 17.1 Å². The molecular weight excluding hydrogens is 444 g/mol. The van der Waals surface area contributed by atoms with E-state index in [1.165, 1.54) is 18.0 Å². The van der Waals surface area contributed by atoms with E-state index in [9.17, 15) is 4.79 Å². The van der Waals surface area contributed by atoms with Crippen LogP contribution in [0.3, 0.4) is 0 Å². The lowest BCUT2D eigenvalue weighted by atomic mass is 10.1. The van der Waals surface area contributed by atoms with E-state index in [0.717, 1.165) is 16.8 Å². The zero-order valence-electron chi connectivity index (χ0n) is 17.1. The smallest absolute Gasteiger partial charge is 0.250 e. The van der Waals surface area contributed by atoms with E-state index in [-0.39, 0.29) is 11.7 Å². The van der Waals surface area contributed by atoms with Crippen LogP contribution in [0.25, 0.3) is 17.1 Å². The number of rotatable bonds is 7. The molecule has 160 valence electrons. The third kappa shape index (κ3) is 5.40. The van der Waals surface area contributed by atoms with Crippen molar-refractivity contribution in [3.63, 3.8) is 0 Å². The Kier molecular flexibility index (Phi) is 6.94. The van der Waals surface area contributed by atoms with Gasteiger partial charge in [0.15, 0.2) is 11.0 Å². The van der Waals surface area contributed by atoms with E-state index >= 15 is 0 Å². The Bertz CT molecular complexity index is 1220. The van der Waals surface area contributed by atoms with E-state index in [2.05, 4.69) is 25.7 Å². The molecule has 1 amide bonds. The van der Waals surface area contributed by atoms with Gasteiger partial charge in [-0.15, -0.1) is 10.2 Å². The minimum absolute atomic E-state index is 0.124. The van der Waals surface area contributed by atoms with Crippen LogP contribution in [0.2, 0.25) is 5.02 Å². The number of hydrogen-bond donors (Lipinski definition) is 1. The lowest BCUT2D eigenvalue weighted by Crippen LogP contribution is -2.20. The van der Waals surface area contributed by atoms with E-state index < -0.39 is 0 Å². The Morgan fingerprint density at radius 2 is 1.88 bits per heavy atom. The number of nitrogens with one attached hydrogen (secondary N) is 1. The molecule has 0 fully saturated rings. The maximum Gasteiger partial charge on any atom is 0.250 e. The van der Waals surface area contributed by atoms with Crippen LogP contribution in [-0.4, -0.2) is 37.6 Å². The predicted octanol–water partition coefficient (Wildman–Crippen LogP) is 4.53. The molecular formula is C23H19ClN6OS. The summed E-state index contributed by atoms with van der Waals surface area (Å²) in [5.74, 6) is 0.548. The number of hydrazone groups is 1. The largest absolute Gasteiger partial charge is 0.272 e. The Labute approximate surface area is 194 Å². The van der Waals surface area contributed by atoms with Crippen LogP contribution in [0, 0.1) is 6.92 Å². The molecule has 4 rings (SSSR count). The molecule has 4 aromatic rings. The number of carbonyl (C=O) groups excluding carboxylic acids is 1. The lowest BCUT2D eigenvalue weighted by molar-refractivity contribution is -0.118. The predicted molar refractivity (Wildman–Crippen MR) is 127 cm³/mol. The minimum Gasteiger partial charge on any atom is -0.272 e. The fraction of sp³-hybridized carbons (Fsp3) is 0.0870. The zero-order chi connectivity index (χ0) is 22.3. The van der Waals surface area contributed by atoms with Gasteiger partial charge in [-0.05, 0) is 43.3 Å². The van der Waals surface area contributed by atoms with Gasteiger partial charge in [0.2, 0.25) is 0 Å². The maximum absolute atomic E-state index is 12.3. The summed E-state index contributed by atoms with van der Waals surface area (Å²) >= 11 is 7.34. The van der Waals surface area contributed by atoms with Crippen molar-refractivity contribution in [3.05, 3.63) is 89.2 Å². The Hall–Kier alpha value is -3.49. The van der Waals surface area contributed by atoms with Gasteiger partial charge < -0.3 is 0 Å². The second-order valence-corrected chi connectivity index (χ2v) is 8.20. The second-order valence-electron chi connectivity index (χ2n) is 6.82. The van der Waals surface area contributed by atoms with Crippen molar-refractivity contribution >= 4 is 35.5 Å². The van der Waals surface area contributed by atoms with Gasteiger partial charge in [0, 0.05) is 22.5 Å². The van der Waals surface area contributed by atoms with Crippen molar-refractivity contribution in [2.45, 2.75) is 12.1 Å². The first kappa shape index (κ1) is 21.7. The highest BCUT2D eigenvalue weighted by molar-refractivity contribution is 7.99. The van der Waals surface area contributed by atoms with E-state index in [1.54, 1.807) is 12.3 Å². The van der Waals surface area contributed by atoms with Crippen LogP contribution >= 0.6 is 23.4 Å². The topological polar surface area (TPSA) is 85.1 Å². The van der Waals surface area contributed by atoms with Gasteiger partial charge >= 0.3 is 0 Å². The number of pyridine rings is 1. The lowest BCUT2D eigenvalue weighted by Gasteiger charge is -2.10. The molecule has 2 heterocycles.